The van der Waals surface area contributed by atoms with Crippen LogP contribution in [0.3, 0.4) is 0 Å². The molecule has 0 fully saturated rings. The second-order valence-electron chi connectivity index (χ2n) is 7.82. The van der Waals surface area contributed by atoms with Gasteiger partial charge in [0.05, 0.1) is 18.0 Å². The lowest BCUT2D eigenvalue weighted by Crippen LogP contribution is -2.53. The fourth-order valence-corrected chi connectivity index (χ4v) is 3.98. The molecule has 2 aromatic rings. The average Bonchev–Trinajstić information content (AvgIpc) is 2.97. The first-order chi connectivity index (χ1) is 14.5. The highest BCUT2D eigenvalue weighted by atomic mass is 16.5. The van der Waals surface area contributed by atoms with Gasteiger partial charge in [0.15, 0.2) is 0 Å². The summed E-state index contributed by atoms with van der Waals surface area (Å²) < 4.78 is 6.10. The van der Waals surface area contributed by atoms with E-state index in [1.54, 1.807) is 12.4 Å². The Morgan fingerprint density at radius 3 is 2.60 bits per heavy atom. The quantitative estimate of drug-likeness (QED) is 0.594. The molecular formula is C25H23N4O+. The third kappa shape index (κ3) is 3.14. The zero-order valence-corrected chi connectivity index (χ0v) is 17.0. The van der Waals surface area contributed by atoms with Crippen LogP contribution in [-0.2, 0) is 6.61 Å². The smallest absolute Gasteiger partial charge is 0.265 e. The van der Waals surface area contributed by atoms with E-state index in [-0.39, 0.29) is 4.59 Å². The Hall–Kier alpha value is -3.54. The predicted octanol–water partition coefficient (Wildman–Crippen LogP) is 4.60. The number of aryl methyl sites for hydroxylation is 2. The van der Waals surface area contributed by atoms with Gasteiger partial charge >= 0.3 is 0 Å². The van der Waals surface area contributed by atoms with Crippen LogP contribution in [0.4, 0.5) is 0 Å². The maximum Gasteiger partial charge on any atom is 0.265 e. The van der Waals surface area contributed by atoms with Crippen molar-refractivity contribution in [1.29, 1.82) is 0 Å². The van der Waals surface area contributed by atoms with E-state index in [4.69, 9.17) is 15.6 Å². The highest BCUT2D eigenvalue weighted by molar-refractivity contribution is 6.01. The molecule has 0 amide bonds. The Labute approximate surface area is 176 Å². The van der Waals surface area contributed by atoms with Crippen LogP contribution in [-0.4, -0.2) is 16.6 Å². The van der Waals surface area contributed by atoms with Gasteiger partial charge in [-0.25, -0.2) is 0 Å². The zero-order chi connectivity index (χ0) is 20.7. The van der Waals surface area contributed by atoms with Crippen LogP contribution in [0.1, 0.15) is 22.3 Å². The Balaban J connectivity index is 1.44. The van der Waals surface area contributed by atoms with Crippen molar-refractivity contribution < 1.29 is 9.33 Å². The first-order valence-corrected chi connectivity index (χ1v) is 9.94. The molecule has 5 rings (SSSR count). The maximum absolute atomic E-state index is 6.77. The molecule has 2 aliphatic heterocycles. The highest BCUT2D eigenvalue weighted by Gasteiger charge is 2.44. The number of hydrogen-bond donors (Lipinski definition) is 1. The fraction of sp³-hybridized carbons (Fsp3) is 0.120. The number of quaternary nitrogens is 1. The minimum Gasteiger partial charge on any atom is -0.489 e. The Morgan fingerprint density at radius 1 is 1.07 bits per heavy atom. The summed E-state index contributed by atoms with van der Waals surface area (Å²) in [5.74, 6) is 8.31. The van der Waals surface area contributed by atoms with Gasteiger partial charge in [0, 0.05) is 5.57 Å². The fourth-order valence-electron chi connectivity index (χ4n) is 3.98. The summed E-state index contributed by atoms with van der Waals surface area (Å²) in [6.07, 6.45) is 11.4. The molecule has 30 heavy (non-hydrogen) atoms. The second kappa shape index (κ2) is 7.06. The highest BCUT2D eigenvalue weighted by Crippen LogP contribution is 2.36. The van der Waals surface area contributed by atoms with Crippen molar-refractivity contribution in [1.82, 2.24) is 0 Å². The monoisotopic (exact) mass is 395 g/mol. The van der Waals surface area contributed by atoms with E-state index in [1.807, 2.05) is 48.7 Å². The number of nitrogens with two attached hydrogens (primary N) is 1. The minimum atomic E-state index is 0.00451. The molecule has 148 valence electrons. The van der Waals surface area contributed by atoms with Gasteiger partial charge in [-0.15, -0.1) is 4.59 Å². The molecule has 1 atom stereocenters. The topological polar surface area (TPSA) is 60.0 Å². The molecule has 2 heterocycles. The van der Waals surface area contributed by atoms with E-state index in [1.165, 1.54) is 11.1 Å². The lowest BCUT2D eigenvalue weighted by Gasteiger charge is -2.26. The molecule has 5 nitrogen and oxygen atoms in total. The first kappa shape index (κ1) is 18.5. The van der Waals surface area contributed by atoms with Crippen LogP contribution in [0.25, 0.3) is 0 Å². The van der Waals surface area contributed by atoms with Crippen LogP contribution < -0.4 is 10.6 Å². The molecule has 0 spiro atoms. The van der Waals surface area contributed by atoms with Gasteiger partial charge in [0.25, 0.3) is 5.84 Å². The van der Waals surface area contributed by atoms with E-state index in [9.17, 15) is 0 Å². The lowest BCUT2D eigenvalue weighted by molar-refractivity contribution is -0.750. The van der Waals surface area contributed by atoms with E-state index in [0.717, 1.165) is 39.7 Å². The summed E-state index contributed by atoms with van der Waals surface area (Å²) in [5, 5.41) is 0. The standard InChI is InChI=1S/C25H23N4O/c1-17-11-18(2)13-19(12-17)16-30-22-8-4-7-21(14-22)25-28-24(20-5-3-6-20)23-15-27-9-10-29(23,25)26/h3-15H,16,26H2,1-2H3/q+1. The van der Waals surface area contributed by atoms with Crippen molar-refractivity contribution in [2.24, 2.45) is 15.8 Å². The van der Waals surface area contributed by atoms with Crippen LogP contribution in [0.15, 0.2) is 100 Å². The van der Waals surface area contributed by atoms with Crippen molar-refractivity contribution in [2.75, 3.05) is 0 Å². The number of rotatable bonds is 5. The number of allylic oxidation sites excluding steroid dienone is 4. The molecule has 0 bridgehead atoms. The maximum atomic E-state index is 6.77. The number of amidine groups is 1. The van der Waals surface area contributed by atoms with E-state index >= 15 is 0 Å². The molecule has 0 saturated heterocycles. The minimum absolute atomic E-state index is 0.00451. The lowest BCUT2D eigenvalue weighted by atomic mass is 10.0. The number of aliphatic imine (C=N–C) groups is 2. The predicted molar refractivity (Wildman–Crippen MR) is 120 cm³/mol. The van der Waals surface area contributed by atoms with Crippen molar-refractivity contribution in [3.05, 3.63) is 112 Å². The number of hydrogen-bond acceptors (Lipinski definition) is 4. The molecule has 3 aliphatic rings. The van der Waals surface area contributed by atoms with Gasteiger partial charge in [-0.3, -0.25) is 4.99 Å². The summed E-state index contributed by atoms with van der Waals surface area (Å²) in [5.41, 5.74) is 7.35. The summed E-state index contributed by atoms with van der Waals surface area (Å²) in [7, 11) is 0. The first-order valence-electron chi connectivity index (χ1n) is 9.94. The Bertz CT molecular complexity index is 1210. The molecule has 0 saturated carbocycles. The van der Waals surface area contributed by atoms with Crippen LogP contribution in [0.2, 0.25) is 0 Å². The third-order valence-corrected chi connectivity index (χ3v) is 5.40. The van der Waals surface area contributed by atoms with E-state index < -0.39 is 0 Å². The molecular weight excluding hydrogens is 372 g/mol. The van der Waals surface area contributed by atoms with Gasteiger partial charge in [0.1, 0.15) is 24.3 Å². The van der Waals surface area contributed by atoms with Crippen LogP contribution in [0.5, 0.6) is 5.75 Å². The Kier molecular flexibility index (Phi) is 4.35. The normalized spacial score (nSPS) is 21.3. The Morgan fingerprint density at radius 2 is 1.87 bits per heavy atom. The van der Waals surface area contributed by atoms with E-state index in [0.29, 0.717) is 6.61 Å². The van der Waals surface area contributed by atoms with Crippen molar-refractivity contribution in [3.63, 3.8) is 0 Å². The summed E-state index contributed by atoms with van der Waals surface area (Å²) in [6, 6.07) is 14.4. The van der Waals surface area contributed by atoms with Gasteiger partial charge in [-0.1, -0.05) is 53.6 Å². The SMILES string of the molecule is Cc1cc(C)cc(COc2cccc(C3=NC(C4=CC=C4)=C4C=NC=C[N+]34N)c2)c1. The molecule has 5 heteroatoms. The summed E-state index contributed by atoms with van der Waals surface area (Å²) in [6.45, 7) is 4.72. The summed E-state index contributed by atoms with van der Waals surface area (Å²) >= 11 is 0. The molecule has 2 aromatic carbocycles. The van der Waals surface area contributed by atoms with Gasteiger partial charge < -0.3 is 4.74 Å². The average molecular weight is 395 g/mol. The van der Waals surface area contributed by atoms with Gasteiger partial charge in [-0.05, 0) is 37.6 Å². The second-order valence-corrected chi connectivity index (χ2v) is 7.82. The number of nitrogens with zero attached hydrogens (tertiary/aromatic N) is 3. The van der Waals surface area contributed by atoms with Crippen molar-refractivity contribution in [3.8, 4) is 5.75 Å². The van der Waals surface area contributed by atoms with Crippen molar-refractivity contribution in [2.45, 2.75) is 20.5 Å². The molecule has 1 unspecified atom stereocenters. The molecule has 0 aromatic heterocycles. The number of benzene rings is 2. The molecule has 2 N–H and O–H groups in total. The van der Waals surface area contributed by atoms with Gasteiger partial charge in [-0.2, -0.15) is 10.8 Å². The zero-order valence-electron chi connectivity index (χ0n) is 17.0. The van der Waals surface area contributed by atoms with Crippen molar-refractivity contribution >= 4 is 12.1 Å². The molecule has 1 aliphatic carbocycles. The largest absolute Gasteiger partial charge is 0.489 e. The van der Waals surface area contributed by atoms with Crippen LogP contribution in [0, 0.1) is 13.8 Å². The van der Waals surface area contributed by atoms with E-state index in [2.05, 4.69) is 37.0 Å². The van der Waals surface area contributed by atoms with Gasteiger partial charge in [0.2, 0.25) is 5.70 Å². The van der Waals surface area contributed by atoms with Crippen LogP contribution >= 0.6 is 0 Å². The summed E-state index contributed by atoms with van der Waals surface area (Å²) in [4.78, 5) is 9.18. The number of fused-ring (bicyclic) bond motifs is 1. The number of ether oxygens (including phenoxy) is 1. The third-order valence-electron chi connectivity index (χ3n) is 5.40. The molecule has 0 radical (unpaired) electrons.